The highest BCUT2D eigenvalue weighted by Gasteiger charge is 2.24. The molecule has 0 atom stereocenters. The van der Waals surface area contributed by atoms with Crippen molar-refractivity contribution in [3.8, 4) is 0 Å². The number of amides is 1. The molecule has 1 aliphatic rings. The van der Waals surface area contributed by atoms with Crippen LogP contribution in [-0.2, 0) is 4.79 Å². The predicted molar refractivity (Wildman–Crippen MR) is 127 cm³/mol. The van der Waals surface area contributed by atoms with E-state index in [9.17, 15) is 4.79 Å². The number of hydrogen-bond acceptors (Lipinski definition) is 2. The smallest absolute Gasteiger partial charge is 0.256 e. The molecule has 3 N–H and O–H groups in total. The lowest BCUT2D eigenvalue weighted by molar-refractivity contribution is -0.110. The van der Waals surface area contributed by atoms with Crippen LogP contribution in [-0.4, -0.2) is 22.1 Å². The quantitative estimate of drug-likeness (QED) is 0.255. The van der Waals surface area contributed by atoms with Crippen molar-refractivity contribution in [1.29, 1.82) is 0 Å². The third kappa shape index (κ3) is 3.13. The van der Waals surface area contributed by atoms with Crippen LogP contribution < -0.4 is 5.32 Å². The van der Waals surface area contributed by atoms with Crippen LogP contribution in [0.1, 0.15) is 17.0 Å². The zero-order chi connectivity index (χ0) is 20.8. The summed E-state index contributed by atoms with van der Waals surface area (Å²) in [5.41, 5.74) is 7.03. The lowest BCUT2D eigenvalue weighted by Gasteiger charge is -2.00. The number of aliphatic imine (C=N–C) groups is 1. The van der Waals surface area contributed by atoms with Crippen molar-refractivity contribution in [2.24, 2.45) is 4.99 Å². The Bertz CT molecular complexity index is 1470. The molecule has 1 aliphatic heterocycles. The van der Waals surface area contributed by atoms with Crippen molar-refractivity contribution < 1.29 is 4.79 Å². The number of anilines is 1. The summed E-state index contributed by atoms with van der Waals surface area (Å²) in [5.74, 6) is -0.106. The number of carbonyl (C=O) groups is 1. The van der Waals surface area contributed by atoms with Gasteiger partial charge in [-0.3, -0.25) is 9.79 Å². The normalized spacial score (nSPS) is 14.7. The van der Waals surface area contributed by atoms with Gasteiger partial charge in [0.05, 0.1) is 23.2 Å². The van der Waals surface area contributed by atoms with Crippen molar-refractivity contribution in [2.45, 2.75) is 0 Å². The number of aromatic nitrogens is 2. The number of nitrogens with zero attached hydrogens (tertiary/aromatic N) is 1. The average molecular weight is 402 g/mol. The van der Waals surface area contributed by atoms with Crippen LogP contribution in [0.4, 0.5) is 11.4 Å². The zero-order valence-electron chi connectivity index (χ0n) is 16.5. The number of benzene rings is 3. The predicted octanol–water partition coefficient (Wildman–Crippen LogP) is 5.89. The number of carbonyl (C=O) groups excluding carboxylic acids is 1. The maximum Gasteiger partial charge on any atom is 0.256 e. The van der Waals surface area contributed by atoms with Gasteiger partial charge in [-0.15, -0.1) is 0 Å². The minimum Gasteiger partial charge on any atom is -0.355 e. The molecule has 0 bridgehead atoms. The molecule has 6 rings (SSSR count). The molecule has 1 amide bonds. The van der Waals surface area contributed by atoms with Crippen molar-refractivity contribution in [3.63, 3.8) is 0 Å². The SMILES string of the molecule is O=C1Nc2ccc(/N=C/c3cc4ccccc4[nH]3)cc2/C1=C/c1cc2ccccc2[nH]1. The van der Waals surface area contributed by atoms with Gasteiger partial charge in [-0.2, -0.15) is 0 Å². The maximum atomic E-state index is 12.6. The molecule has 3 aromatic carbocycles. The molecule has 0 saturated heterocycles. The van der Waals surface area contributed by atoms with Gasteiger partial charge in [-0.05, 0) is 53.9 Å². The molecule has 0 unspecified atom stereocenters. The molecule has 2 aromatic heterocycles. The third-order valence-electron chi connectivity index (χ3n) is 5.54. The van der Waals surface area contributed by atoms with E-state index in [4.69, 9.17) is 0 Å². The first-order valence-electron chi connectivity index (χ1n) is 10.1. The summed E-state index contributed by atoms with van der Waals surface area (Å²) >= 11 is 0. The van der Waals surface area contributed by atoms with Gasteiger partial charge in [-0.25, -0.2) is 0 Å². The van der Waals surface area contributed by atoms with Gasteiger partial charge in [0.25, 0.3) is 5.91 Å². The molecule has 0 saturated carbocycles. The maximum absolute atomic E-state index is 12.6. The molecule has 5 nitrogen and oxygen atoms in total. The zero-order valence-corrected chi connectivity index (χ0v) is 16.5. The van der Waals surface area contributed by atoms with Crippen molar-refractivity contribution in [2.75, 3.05) is 5.32 Å². The molecular weight excluding hydrogens is 384 g/mol. The fourth-order valence-electron chi connectivity index (χ4n) is 4.04. The first-order valence-corrected chi connectivity index (χ1v) is 10.1. The molecule has 3 heterocycles. The van der Waals surface area contributed by atoms with Crippen LogP contribution in [0, 0.1) is 0 Å². The van der Waals surface area contributed by atoms with E-state index in [1.165, 1.54) is 0 Å². The summed E-state index contributed by atoms with van der Waals surface area (Å²) in [6.07, 6.45) is 3.71. The average Bonchev–Trinajstić information content (AvgIpc) is 3.47. The monoisotopic (exact) mass is 402 g/mol. The van der Waals surface area contributed by atoms with E-state index in [-0.39, 0.29) is 5.91 Å². The number of rotatable bonds is 3. The van der Waals surface area contributed by atoms with Gasteiger partial charge >= 0.3 is 0 Å². The molecule has 0 radical (unpaired) electrons. The fraction of sp³-hybridized carbons (Fsp3) is 0. The van der Waals surface area contributed by atoms with Crippen LogP contribution >= 0.6 is 0 Å². The molecule has 5 aromatic rings. The highest BCUT2D eigenvalue weighted by atomic mass is 16.2. The van der Waals surface area contributed by atoms with Gasteiger partial charge in [0.2, 0.25) is 0 Å². The summed E-state index contributed by atoms with van der Waals surface area (Å²) in [6, 6.07) is 26.1. The number of para-hydroxylation sites is 2. The fourth-order valence-corrected chi connectivity index (χ4v) is 4.04. The topological polar surface area (TPSA) is 73.0 Å². The number of aromatic amines is 2. The minimum absolute atomic E-state index is 0.106. The first kappa shape index (κ1) is 17.5. The van der Waals surface area contributed by atoms with Crippen LogP contribution in [0.25, 0.3) is 33.5 Å². The second-order valence-electron chi connectivity index (χ2n) is 7.62. The van der Waals surface area contributed by atoms with E-state index >= 15 is 0 Å². The van der Waals surface area contributed by atoms with Crippen molar-refractivity contribution in [3.05, 3.63) is 95.8 Å². The summed E-state index contributed by atoms with van der Waals surface area (Å²) in [4.78, 5) is 23.9. The Morgan fingerprint density at radius 2 is 1.42 bits per heavy atom. The largest absolute Gasteiger partial charge is 0.355 e. The Labute approximate surface area is 178 Å². The molecule has 148 valence electrons. The highest BCUT2D eigenvalue weighted by molar-refractivity contribution is 6.35. The molecule has 31 heavy (non-hydrogen) atoms. The number of hydrogen-bond donors (Lipinski definition) is 3. The number of fused-ring (bicyclic) bond motifs is 3. The van der Waals surface area contributed by atoms with E-state index < -0.39 is 0 Å². The second-order valence-corrected chi connectivity index (χ2v) is 7.62. The number of nitrogens with one attached hydrogen (secondary N) is 3. The van der Waals surface area contributed by atoms with E-state index in [2.05, 4.69) is 32.4 Å². The Balaban J connectivity index is 1.35. The summed E-state index contributed by atoms with van der Waals surface area (Å²) in [5, 5.41) is 5.21. The summed E-state index contributed by atoms with van der Waals surface area (Å²) < 4.78 is 0. The van der Waals surface area contributed by atoms with Gasteiger partial charge in [-0.1, -0.05) is 36.4 Å². The van der Waals surface area contributed by atoms with E-state index in [0.717, 1.165) is 50.1 Å². The summed E-state index contributed by atoms with van der Waals surface area (Å²) in [6.45, 7) is 0. The Hall–Kier alpha value is -4.38. The minimum atomic E-state index is -0.106. The molecule has 5 heteroatoms. The number of H-pyrrole nitrogens is 2. The third-order valence-corrected chi connectivity index (χ3v) is 5.54. The summed E-state index contributed by atoms with van der Waals surface area (Å²) in [7, 11) is 0. The second kappa shape index (κ2) is 6.85. The highest BCUT2D eigenvalue weighted by Crippen LogP contribution is 2.36. The van der Waals surface area contributed by atoms with E-state index in [1.54, 1.807) is 0 Å². The van der Waals surface area contributed by atoms with Gasteiger partial charge in [0, 0.05) is 33.4 Å². The van der Waals surface area contributed by atoms with Crippen molar-refractivity contribution >= 4 is 57.0 Å². The van der Waals surface area contributed by atoms with Gasteiger partial charge in [0.1, 0.15) is 0 Å². The van der Waals surface area contributed by atoms with E-state index in [0.29, 0.717) is 5.57 Å². The van der Waals surface area contributed by atoms with E-state index in [1.807, 2.05) is 79.0 Å². The lowest BCUT2D eigenvalue weighted by Crippen LogP contribution is -2.03. The van der Waals surface area contributed by atoms with Gasteiger partial charge in [0.15, 0.2) is 0 Å². The molecular formula is C26H18N4O. The molecule has 0 fully saturated rings. The Kier molecular flexibility index (Phi) is 3.86. The molecule has 0 spiro atoms. The molecule has 0 aliphatic carbocycles. The van der Waals surface area contributed by atoms with Crippen LogP contribution in [0.5, 0.6) is 0 Å². The lowest BCUT2D eigenvalue weighted by atomic mass is 10.1. The van der Waals surface area contributed by atoms with Crippen LogP contribution in [0.15, 0.2) is 83.9 Å². The van der Waals surface area contributed by atoms with Gasteiger partial charge < -0.3 is 15.3 Å². The Morgan fingerprint density at radius 1 is 0.742 bits per heavy atom. The van der Waals surface area contributed by atoms with Crippen molar-refractivity contribution in [1.82, 2.24) is 9.97 Å². The van der Waals surface area contributed by atoms with Crippen LogP contribution in [0.2, 0.25) is 0 Å². The standard InChI is InChI=1S/C26H18N4O/c31-26-22(14-19-11-16-5-1-3-7-23(16)28-19)21-13-18(9-10-25(21)30-26)27-15-20-12-17-6-2-4-8-24(17)29-20/h1-15,28-29H,(H,30,31)/b22-14-,27-15+. The first-order chi connectivity index (χ1) is 15.2. The Morgan fingerprint density at radius 3 is 2.16 bits per heavy atom. The van der Waals surface area contributed by atoms with Crippen LogP contribution in [0.3, 0.4) is 0 Å².